The molecule has 352 valence electrons. The van der Waals surface area contributed by atoms with Crippen molar-refractivity contribution in [2.24, 2.45) is 11.8 Å². The first kappa shape index (κ1) is 48.7. The first-order valence-electron chi connectivity index (χ1n) is 22.3. The van der Waals surface area contributed by atoms with Crippen LogP contribution < -0.4 is 9.80 Å². The van der Waals surface area contributed by atoms with Crippen molar-refractivity contribution in [2.75, 3.05) is 88.6 Å². The van der Waals surface area contributed by atoms with E-state index in [2.05, 4.69) is 9.80 Å². The van der Waals surface area contributed by atoms with Gasteiger partial charge in [-0.3, -0.25) is 19.2 Å². The summed E-state index contributed by atoms with van der Waals surface area (Å²) >= 11 is 30.2. The molecule has 4 aromatic rings. The summed E-state index contributed by atoms with van der Waals surface area (Å²) in [4.78, 5) is 59.2. The molecule has 4 aromatic carbocycles. The summed E-state index contributed by atoms with van der Waals surface area (Å²) in [5.41, 5.74) is 5.93. The van der Waals surface area contributed by atoms with Gasteiger partial charge in [-0.2, -0.15) is 0 Å². The Bertz CT molecular complexity index is 2410. The number of aliphatic carboxylic acids is 2. The van der Waals surface area contributed by atoms with Crippen LogP contribution in [0.5, 0.6) is 0 Å². The lowest BCUT2D eigenvalue weighted by molar-refractivity contribution is -0.143. The van der Waals surface area contributed by atoms with Gasteiger partial charge in [0, 0.05) is 96.8 Å². The molecule has 0 aliphatic carbocycles. The maximum absolute atomic E-state index is 13.4. The number of halogens is 4. The van der Waals surface area contributed by atoms with Crippen LogP contribution in [-0.2, 0) is 28.7 Å². The van der Waals surface area contributed by atoms with Crippen LogP contribution in [0.1, 0.15) is 36.8 Å². The van der Waals surface area contributed by atoms with Crippen LogP contribution in [-0.4, -0.2) is 123 Å². The van der Waals surface area contributed by atoms with Crippen molar-refractivity contribution in [2.45, 2.75) is 35.5 Å². The Morgan fingerprint density at radius 1 is 0.537 bits per heavy atom. The zero-order valence-corrected chi connectivity index (χ0v) is 40.4. The largest absolute Gasteiger partial charge is 0.481 e. The predicted molar refractivity (Wildman–Crippen MR) is 266 cm³/mol. The van der Waals surface area contributed by atoms with Gasteiger partial charge < -0.3 is 39.3 Å². The number of anilines is 2. The minimum Gasteiger partial charge on any atom is -0.481 e. The zero-order chi connectivity index (χ0) is 47.2. The molecule has 0 unspecified atom stereocenters. The van der Waals surface area contributed by atoms with E-state index in [1.165, 1.54) is 23.9 Å². The molecule has 0 bridgehead atoms. The number of hydrogen-bond acceptors (Lipinski definition) is 9. The van der Waals surface area contributed by atoms with Crippen LogP contribution in [0, 0.1) is 11.8 Å². The molecule has 2 amide bonds. The molecule has 4 aliphatic rings. The molecule has 4 aliphatic heterocycles. The van der Waals surface area contributed by atoms with E-state index >= 15 is 0 Å². The SMILES string of the molecule is O=C(O)C1CCN(c2cccc(-c3cc(Sc4cc(-c5cccc(N6CCC(C(=O)O)CC6)c5)c(C=CC(=O)N5CCOCC5)c(Cl)c4Cl)c(Cl)c(Cl)c3C=CC(=O)N3CCOCC3)c2)CC1. The van der Waals surface area contributed by atoms with Gasteiger partial charge in [0.2, 0.25) is 11.8 Å². The van der Waals surface area contributed by atoms with Gasteiger partial charge in [-0.15, -0.1) is 0 Å². The molecule has 0 radical (unpaired) electrons. The molecule has 12 nitrogen and oxygen atoms in total. The molecular weight excluding hydrogens is 958 g/mol. The summed E-state index contributed by atoms with van der Waals surface area (Å²) in [5.74, 6) is -2.69. The summed E-state index contributed by atoms with van der Waals surface area (Å²) in [6, 6.07) is 19.7. The van der Waals surface area contributed by atoms with Gasteiger partial charge in [-0.1, -0.05) is 82.4 Å². The van der Waals surface area contributed by atoms with Crippen LogP contribution in [0.25, 0.3) is 34.4 Å². The Kier molecular flexibility index (Phi) is 16.1. The van der Waals surface area contributed by atoms with Crippen LogP contribution in [0.2, 0.25) is 20.1 Å². The summed E-state index contributed by atoms with van der Waals surface area (Å²) < 4.78 is 10.9. The van der Waals surface area contributed by atoms with Crippen LogP contribution >= 0.6 is 58.2 Å². The predicted octanol–water partition coefficient (Wildman–Crippen LogP) is 10.1. The Balaban J connectivity index is 1.20. The molecule has 4 saturated heterocycles. The number of carbonyl (C=O) groups excluding carboxylic acids is 2. The third kappa shape index (κ3) is 11.4. The van der Waals surface area contributed by atoms with E-state index in [4.69, 9.17) is 55.9 Å². The van der Waals surface area contributed by atoms with Crippen molar-refractivity contribution >= 4 is 105 Å². The van der Waals surface area contributed by atoms with E-state index < -0.39 is 11.9 Å². The number of carbonyl (C=O) groups is 4. The molecule has 0 spiro atoms. The van der Waals surface area contributed by atoms with Crippen molar-refractivity contribution in [3.8, 4) is 22.3 Å². The number of ether oxygens (including phenoxy) is 2. The highest BCUT2D eigenvalue weighted by atomic mass is 35.5. The summed E-state index contributed by atoms with van der Waals surface area (Å²) in [7, 11) is 0. The highest BCUT2D eigenvalue weighted by Crippen LogP contribution is 2.49. The normalized spacial score (nSPS) is 17.7. The van der Waals surface area contributed by atoms with Gasteiger partial charge in [0.1, 0.15) is 0 Å². The standard InChI is InChI=1S/C50H50Cl4N4O8S/c51-45-37(7-9-43(59)57-19-23-65-24-20-57)39(33-3-1-5-35(27-33)55-15-11-31(12-16-55)49(61)62)29-41(47(45)53)67-42-30-40(34-4-2-6-36(28-34)56-17-13-32(14-18-56)50(63)64)38(46(52)48(42)54)8-10-44(60)58-21-25-66-26-22-58/h1-10,27-32H,11-26H2,(H,61,62)(H,63,64). The average molecular weight is 1010 g/mol. The first-order chi connectivity index (χ1) is 32.4. The Morgan fingerprint density at radius 2 is 0.910 bits per heavy atom. The third-order valence-corrected chi connectivity index (χ3v) is 15.9. The van der Waals surface area contributed by atoms with Crippen molar-refractivity contribution in [3.63, 3.8) is 0 Å². The number of rotatable bonds is 12. The Labute approximate surface area is 414 Å². The topological polar surface area (TPSA) is 140 Å². The molecule has 4 heterocycles. The summed E-state index contributed by atoms with van der Waals surface area (Å²) in [5, 5.41) is 20.2. The van der Waals surface area contributed by atoms with E-state index in [9.17, 15) is 29.4 Å². The highest BCUT2D eigenvalue weighted by Gasteiger charge is 2.28. The smallest absolute Gasteiger partial charge is 0.306 e. The van der Waals surface area contributed by atoms with Gasteiger partial charge in [-0.05, 0) is 96.5 Å². The Hall–Kier alpha value is -4.73. The van der Waals surface area contributed by atoms with Crippen molar-refractivity contribution in [1.29, 1.82) is 0 Å². The van der Waals surface area contributed by atoms with E-state index in [1.807, 2.05) is 60.7 Å². The number of piperidine rings is 2. The number of carboxylic acids is 2. The molecule has 17 heteroatoms. The second-order valence-corrected chi connectivity index (χ2v) is 19.5. The number of morpholine rings is 2. The average Bonchev–Trinajstić information content (AvgIpc) is 3.36. The molecule has 0 atom stereocenters. The van der Waals surface area contributed by atoms with E-state index in [0.29, 0.717) is 137 Å². The van der Waals surface area contributed by atoms with Crippen LogP contribution in [0.15, 0.2) is 82.6 Å². The minimum atomic E-state index is -0.779. The second-order valence-electron chi connectivity index (χ2n) is 16.9. The lowest BCUT2D eigenvalue weighted by Crippen LogP contribution is -2.39. The quantitative estimate of drug-likeness (QED) is 0.131. The van der Waals surface area contributed by atoms with E-state index in [-0.39, 0.29) is 43.7 Å². The molecule has 8 rings (SSSR count). The van der Waals surface area contributed by atoms with Crippen molar-refractivity contribution < 1.29 is 38.9 Å². The maximum Gasteiger partial charge on any atom is 0.306 e. The second kappa shape index (κ2) is 22.1. The molecular formula is C50H50Cl4N4O8S. The number of carboxylic acid groups (broad SMARTS) is 2. The van der Waals surface area contributed by atoms with Gasteiger partial charge in [0.05, 0.1) is 58.4 Å². The number of amides is 2. The van der Waals surface area contributed by atoms with Crippen molar-refractivity contribution in [1.82, 2.24) is 9.80 Å². The molecule has 0 saturated carbocycles. The van der Waals surface area contributed by atoms with Gasteiger partial charge >= 0.3 is 11.9 Å². The molecule has 67 heavy (non-hydrogen) atoms. The number of nitrogens with zero attached hydrogens (tertiary/aromatic N) is 4. The molecule has 0 aromatic heterocycles. The lowest BCUT2D eigenvalue weighted by Gasteiger charge is -2.32. The maximum atomic E-state index is 13.4. The molecule has 2 N–H and O–H groups in total. The monoisotopic (exact) mass is 1010 g/mol. The van der Waals surface area contributed by atoms with E-state index in [1.54, 1.807) is 22.0 Å². The zero-order valence-electron chi connectivity index (χ0n) is 36.6. The summed E-state index contributed by atoms with van der Waals surface area (Å²) in [6.45, 7) is 6.06. The highest BCUT2D eigenvalue weighted by molar-refractivity contribution is 7.99. The van der Waals surface area contributed by atoms with Crippen molar-refractivity contribution in [3.05, 3.63) is 104 Å². The fourth-order valence-corrected chi connectivity index (χ4v) is 11.1. The van der Waals surface area contributed by atoms with Gasteiger partial charge in [-0.25, -0.2) is 0 Å². The Morgan fingerprint density at radius 3 is 1.27 bits per heavy atom. The minimum absolute atomic E-state index is 0.182. The number of benzene rings is 4. The van der Waals surface area contributed by atoms with Crippen LogP contribution in [0.3, 0.4) is 0 Å². The number of hydrogen-bond donors (Lipinski definition) is 2. The fraction of sp³-hybridized carbons (Fsp3) is 0.360. The van der Waals surface area contributed by atoms with Gasteiger partial charge in [0.25, 0.3) is 0 Å². The van der Waals surface area contributed by atoms with Gasteiger partial charge in [0.15, 0.2) is 0 Å². The third-order valence-electron chi connectivity index (χ3n) is 12.8. The fourth-order valence-electron chi connectivity index (χ4n) is 8.90. The summed E-state index contributed by atoms with van der Waals surface area (Å²) in [6.07, 6.45) is 8.52. The molecule has 4 fully saturated rings. The first-order valence-corrected chi connectivity index (χ1v) is 24.7. The van der Waals surface area contributed by atoms with E-state index in [0.717, 1.165) is 22.5 Å². The van der Waals surface area contributed by atoms with Crippen LogP contribution in [0.4, 0.5) is 11.4 Å². The lowest BCUT2D eigenvalue weighted by atomic mass is 9.95.